The van der Waals surface area contributed by atoms with Crippen molar-refractivity contribution in [3.63, 3.8) is 0 Å². The largest absolute Gasteiger partial charge is 0.462 e. The summed E-state index contributed by atoms with van der Waals surface area (Å²) in [5.41, 5.74) is 1.21. The molecule has 25 heavy (non-hydrogen) atoms. The zero-order valence-corrected chi connectivity index (χ0v) is 16.1. The molecule has 10 heteroatoms. The fourth-order valence-electron chi connectivity index (χ4n) is 2.33. The second kappa shape index (κ2) is 8.34. The number of rotatable bonds is 7. The first-order valence-corrected chi connectivity index (χ1v) is 10.1. The quantitative estimate of drug-likeness (QED) is 0.730. The molecule has 0 aliphatic carbocycles. The SMILES string of the molecule is CCOC(=O)c1c(NC(=O)Cn2cnnc2S(C)=O)sc(CC)c1C. The number of nitrogens with zero attached hydrogens (tertiary/aromatic N) is 3. The third-order valence-electron chi connectivity index (χ3n) is 3.45. The van der Waals surface area contributed by atoms with Crippen molar-refractivity contribution in [3.05, 3.63) is 22.3 Å². The predicted molar refractivity (Wildman–Crippen MR) is 95.4 cm³/mol. The van der Waals surface area contributed by atoms with E-state index in [1.54, 1.807) is 6.92 Å². The summed E-state index contributed by atoms with van der Waals surface area (Å²) in [5.74, 6) is -0.813. The first-order chi connectivity index (χ1) is 11.9. The van der Waals surface area contributed by atoms with Crippen LogP contribution in [-0.2, 0) is 33.3 Å². The van der Waals surface area contributed by atoms with Crippen molar-refractivity contribution in [2.75, 3.05) is 18.2 Å². The first kappa shape index (κ1) is 19.3. The number of nitrogens with one attached hydrogen (secondary N) is 1. The number of thiophene rings is 1. The molecule has 2 aromatic rings. The fraction of sp³-hybridized carbons (Fsp3) is 0.467. The second-order valence-electron chi connectivity index (χ2n) is 5.17. The van der Waals surface area contributed by atoms with Gasteiger partial charge in [-0.3, -0.25) is 13.6 Å². The Morgan fingerprint density at radius 2 is 2.12 bits per heavy atom. The van der Waals surface area contributed by atoms with Gasteiger partial charge in [0.15, 0.2) is 0 Å². The van der Waals surface area contributed by atoms with Gasteiger partial charge < -0.3 is 10.1 Å². The highest BCUT2D eigenvalue weighted by Crippen LogP contribution is 2.34. The van der Waals surface area contributed by atoms with E-state index in [9.17, 15) is 13.8 Å². The summed E-state index contributed by atoms with van der Waals surface area (Å²) in [5, 5.41) is 10.8. The van der Waals surface area contributed by atoms with Crippen molar-refractivity contribution >= 4 is 39.0 Å². The van der Waals surface area contributed by atoms with Crippen LogP contribution in [0.1, 0.15) is 34.6 Å². The minimum atomic E-state index is -1.35. The van der Waals surface area contributed by atoms with Gasteiger partial charge in [-0.2, -0.15) is 0 Å². The number of hydrogen-bond acceptors (Lipinski definition) is 7. The Morgan fingerprint density at radius 1 is 1.40 bits per heavy atom. The molecule has 0 aromatic carbocycles. The highest BCUT2D eigenvalue weighted by molar-refractivity contribution is 7.84. The highest BCUT2D eigenvalue weighted by Gasteiger charge is 2.23. The van der Waals surface area contributed by atoms with Gasteiger partial charge in [0.25, 0.3) is 0 Å². The minimum Gasteiger partial charge on any atom is -0.462 e. The molecule has 0 aliphatic rings. The summed E-state index contributed by atoms with van der Waals surface area (Å²) in [7, 11) is -1.35. The molecule has 1 amide bonds. The van der Waals surface area contributed by atoms with Crippen LogP contribution in [0.2, 0.25) is 0 Å². The minimum absolute atomic E-state index is 0.0947. The van der Waals surface area contributed by atoms with Crippen molar-refractivity contribution in [3.8, 4) is 0 Å². The molecule has 1 unspecified atom stereocenters. The Bertz CT molecular complexity index is 813. The zero-order valence-electron chi connectivity index (χ0n) is 14.5. The van der Waals surface area contributed by atoms with Crippen molar-refractivity contribution in [2.45, 2.75) is 38.9 Å². The molecule has 1 N–H and O–H groups in total. The average molecular weight is 384 g/mol. The number of carbonyl (C=O) groups is 2. The standard InChI is InChI=1S/C15H20N4O4S2/c1-5-10-9(3)12(14(21)23-6-2)13(24-10)17-11(20)7-19-8-16-18-15(19)25(4)22/h8H,5-7H2,1-4H3,(H,17,20). The third-order valence-corrected chi connectivity index (χ3v) is 5.63. The molecule has 136 valence electrons. The van der Waals surface area contributed by atoms with Crippen LogP contribution >= 0.6 is 11.3 Å². The van der Waals surface area contributed by atoms with E-state index in [0.717, 1.165) is 16.9 Å². The Kier molecular flexibility index (Phi) is 6.43. The van der Waals surface area contributed by atoms with Crippen LogP contribution in [0.5, 0.6) is 0 Å². The number of aryl methyl sites for hydroxylation is 1. The van der Waals surface area contributed by atoms with Gasteiger partial charge in [0.05, 0.1) is 23.0 Å². The van der Waals surface area contributed by atoms with E-state index < -0.39 is 16.8 Å². The monoisotopic (exact) mass is 384 g/mol. The van der Waals surface area contributed by atoms with Gasteiger partial charge in [-0.25, -0.2) is 4.79 Å². The van der Waals surface area contributed by atoms with Gasteiger partial charge in [-0.05, 0) is 25.8 Å². The van der Waals surface area contributed by atoms with E-state index in [0.29, 0.717) is 10.6 Å². The summed E-state index contributed by atoms with van der Waals surface area (Å²) >= 11 is 1.36. The number of anilines is 1. The molecule has 8 nitrogen and oxygen atoms in total. The van der Waals surface area contributed by atoms with Crippen LogP contribution < -0.4 is 5.32 Å². The number of hydrogen-bond donors (Lipinski definition) is 1. The summed E-state index contributed by atoms with van der Waals surface area (Å²) in [4.78, 5) is 25.6. The van der Waals surface area contributed by atoms with Gasteiger partial charge in [0.2, 0.25) is 11.1 Å². The summed E-state index contributed by atoms with van der Waals surface area (Å²) in [6.07, 6.45) is 3.57. The number of amides is 1. The molecule has 0 bridgehead atoms. The van der Waals surface area contributed by atoms with E-state index in [1.807, 2.05) is 13.8 Å². The van der Waals surface area contributed by atoms with E-state index in [4.69, 9.17) is 4.74 Å². The lowest BCUT2D eigenvalue weighted by Gasteiger charge is -2.08. The second-order valence-corrected chi connectivity index (χ2v) is 7.55. The van der Waals surface area contributed by atoms with Gasteiger partial charge in [0, 0.05) is 11.1 Å². The topological polar surface area (TPSA) is 103 Å². The number of esters is 1. The van der Waals surface area contributed by atoms with Crippen LogP contribution in [0.4, 0.5) is 5.00 Å². The first-order valence-electron chi connectivity index (χ1n) is 7.69. The van der Waals surface area contributed by atoms with Crippen LogP contribution in [-0.4, -0.2) is 43.7 Å². The lowest BCUT2D eigenvalue weighted by molar-refractivity contribution is -0.116. The van der Waals surface area contributed by atoms with Crippen LogP contribution in [0, 0.1) is 6.92 Å². The van der Waals surface area contributed by atoms with Crippen molar-refractivity contribution in [1.29, 1.82) is 0 Å². The van der Waals surface area contributed by atoms with E-state index >= 15 is 0 Å². The Hall–Kier alpha value is -2.07. The molecule has 2 heterocycles. The predicted octanol–water partition coefficient (Wildman–Crippen LogP) is 1.76. The maximum absolute atomic E-state index is 12.4. The molecular weight excluding hydrogens is 364 g/mol. The third kappa shape index (κ3) is 4.31. The number of carbonyl (C=O) groups excluding carboxylic acids is 2. The highest BCUT2D eigenvalue weighted by atomic mass is 32.2. The van der Waals surface area contributed by atoms with Gasteiger partial charge in [0.1, 0.15) is 17.9 Å². The smallest absolute Gasteiger partial charge is 0.341 e. The van der Waals surface area contributed by atoms with Gasteiger partial charge in [-0.1, -0.05) is 6.92 Å². The number of ether oxygens (including phenoxy) is 1. The van der Waals surface area contributed by atoms with Crippen molar-refractivity contribution < 1.29 is 18.5 Å². The molecule has 0 saturated carbocycles. The molecule has 0 saturated heterocycles. The summed E-state index contributed by atoms with van der Waals surface area (Å²) in [6.45, 7) is 5.73. The lowest BCUT2D eigenvalue weighted by Crippen LogP contribution is -2.21. The van der Waals surface area contributed by atoms with Crippen LogP contribution in [0.3, 0.4) is 0 Å². The van der Waals surface area contributed by atoms with Crippen molar-refractivity contribution in [2.24, 2.45) is 0 Å². The number of aromatic nitrogens is 3. The maximum Gasteiger partial charge on any atom is 0.341 e. The lowest BCUT2D eigenvalue weighted by atomic mass is 10.1. The van der Waals surface area contributed by atoms with E-state index in [1.165, 1.54) is 28.5 Å². The molecular formula is C15H20N4O4S2. The average Bonchev–Trinajstić information content (AvgIpc) is 3.12. The molecule has 2 rings (SSSR count). The van der Waals surface area contributed by atoms with Crippen LogP contribution in [0.15, 0.2) is 11.5 Å². The fourth-order valence-corrected chi connectivity index (χ4v) is 4.08. The van der Waals surface area contributed by atoms with Crippen LogP contribution in [0.25, 0.3) is 0 Å². The molecule has 0 fully saturated rings. The van der Waals surface area contributed by atoms with E-state index in [-0.39, 0.29) is 24.2 Å². The molecule has 0 radical (unpaired) electrons. The van der Waals surface area contributed by atoms with Crippen molar-refractivity contribution in [1.82, 2.24) is 14.8 Å². The Labute approximate surface area is 152 Å². The van der Waals surface area contributed by atoms with E-state index in [2.05, 4.69) is 15.5 Å². The molecule has 0 aliphatic heterocycles. The Balaban J connectivity index is 2.24. The molecule has 0 spiro atoms. The maximum atomic E-state index is 12.4. The van der Waals surface area contributed by atoms with Gasteiger partial charge >= 0.3 is 5.97 Å². The summed E-state index contributed by atoms with van der Waals surface area (Å²) < 4.78 is 18.1. The summed E-state index contributed by atoms with van der Waals surface area (Å²) in [6, 6.07) is 0. The molecule has 2 aromatic heterocycles. The zero-order chi connectivity index (χ0) is 18.6. The molecule has 1 atom stereocenters. The Morgan fingerprint density at radius 3 is 2.72 bits per heavy atom. The normalized spacial score (nSPS) is 12.0. The van der Waals surface area contributed by atoms with Gasteiger partial charge in [-0.15, -0.1) is 21.5 Å².